The van der Waals surface area contributed by atoms with Gasteiger partial charge in [-0.15, -0.1) is 0 Å². The first kappa shape index (κ1) is 18.8. The number of carbonyl (C=O) groups excluding carboxylic acids is 1. The van der Waals surface area contributed by atoms with Crippen molar-refractivity contribution < 1.29 is 22.7 Å². The number of carbonyl (C=O) groups is 1. The summed E-state index contributed by atoms with van der Waals surface area (Å²) >= 11 is 0. The molecule has 5 nitrogen and oxygen atoms in total. The molecule has 8 heteroatoms. The van der Waals surface area contributed by atoms with Crippen molar-refractivity contribution in [2.45, 2.75) is 32.5 Å². The second-order valence-electron chi connectivity index (χ2n) is 6.62. The molecule has 1 aromatic heterocycles. The number of hydrogen-bond donors (Lipinski definition) is 1. The number of fused-ring (bicyclic) bond motifs is 1. The van der Waals surface area contributed by atoms with Crippen LogP contribution in [0.5, 0.6) is 5.75 Å². The topological polar surface area (TPSA) is 60.3 Å². The molecule has 3 rings (SSSR count). The van der Waals surface area contributed by atoms with Gasteiger partial charge in [0.15, 0.2) is 0 Å². The molecule has 0 saturated carbocycles. The average molecular weight is 378 g/mol. The van der Waals surface area contributed by atoms with Gasteiger partial charge in [0, 0.05) is 17.8 Å². The third kappa shape index (κ3) is 3.11. The molecule has 2 heterocycles. The van der Waals surface area contributed by atoms with E-state index in [9.17, 15) is 22.8 Å². The zero-order chi connectivity index (χ0) is 20.0. The molecule has 2 aromatic rings. The van der Waals surface area contributed by atoms with Gasteiger partial charge in [0.2, 0.25) is 6.41 Å². The molecular weight excluding hydrogens is 361 g/mol. The molecule has 0 unspecified atom stereocenters. The standard InChI is InChI=1S/C19H17F3N2O3/c1-11-12(19(20,21)22)7-8-13-15(11)16(24-9-5-4-6-14(24)26)17(23-10-25)18(2,3)27-13/h4-10H,1-3H3,(H,23,25). The van der Waals surface area contributed by atoms with Crippen molar-refractivity contribution in [3.05, 3.63) is 69.3 Å². The Hall–Kier alpha value is -3.03. The van der Waals surface area contributed by atoms with Gasteiger partial charge in [-0.2, -0.15) is 13.2 Å². The first-order valence-electron chi connectivity index (χ1n) is 8.11. The zero-order valence-electron chi connectivity index (χ0n) is 14.8. The predicted molar refractivity (Wildman–Crippen MR) is 93.1 cm³/mol. The molecule has 1 amide bonds. The molecule has 1 aliphatic rings. The van der Waals surface area contributed by atoms with Gasteiger partial charge >= 0.3 is 6.18 Å². The summed E-state index contributed by atoms with van der Waals surface area (Å²) in [5.41, 5.74) is -1.99. The number of nitrogens with zero attached hydrogens (tertiary/aromatic N) is 1. The Labute approximate surface area is 153 Å². The van der Waals surface area contributed by atoms with Gasteiger partial charge in [-0.25, -0.2) is 0 Å². The number of aromatic nitrogens is 1. The molecule has 1 aliphatic heterocycles. The monoisotopic (exact) mass is 378 g/mol. The number of halogens is 3. The van der Waals surface area contributed by atoms with Crippen LogP contribution in [0.1, 0.15) is 30.5 Å². The molecular formula is C19H17F3N2O3. The van der Waals surface area contributed by atoms with Gasteiger partial charge in [0.1, 0.15) is 11.4 Å². The number of rotatable bonds is 3. The van der Waals surface area contributed by atoms with Crippen LogP contribution >= 0.6 is 0 Å². The lowest BCUT2D eigenvalue weighted by molar-refractivity contribution is -0.138. The van der Waals surface area contributed by atoms with E-state index in [1.165, 1.54) is 35.9 Å². The van der Waals surface area contributed by atoms with E-state index in [4.69, 9.17) is 4.74 Å². The van der Waals surface area contributed by atoms with Crippen LogP contribution < -0.4 is 15.6 Å². The minimum Gasteiger partial charge on any atom is -0.481 e. The van der Waals surface area contributed by atoms with E-state index in [1.54, 1.807) is 19.9 Å². The Morgan fingerprint density at radius 3 is 2.48 bits per heavy atom. The van der Waals surface area contributed by atoms with Crippen LogP contribution in [0, 0.1) is 6.92 Å². The normalized spacial score (nSPS) is 15.8. The largest absolute Gasteiger partial charge is 0.481 e. The Balaban J connectivity index is 2.46. The summed E-state index contributed by atoms with van der Waals surface area (Å²) < 4.78 is 47.4. The number of alkyl halides is 3. The SMILES string of the molecule is Cc1c(C(F)(F)F)ccc2c1C(n1ccccc1=O)=C(NC=O)C(C)(C)O2. The number of hydrogen-bond acceptors (Lipinski definition) is 3. The van der Waals surface area contributed by atoms with E-state index >= 15 is 0 Å². The Morgan fingerprint density at radius 2 is 1.89 bits per heavy atom. The highest BCUT2D eigenvalue weighted by Gasteiger charge is 2.40. The summed E-state index contributed by atoms with van der Waals surface area (Å²) in [6.07, 6.45) is -2.73. The molecule has 0 radical (unpaired) electrons. The Morgan fingerprint density at radius 1 is 1.19 bits per heavy atom. The number of nitrogens with one attached hydrogen (secondary N) is 1. The van der Waals surface area contributed by atoms with Crippen LogP contribution in [0.25, 0.3) is 5.70 Å². The van der Waals surface area contributed by atoms with Crippen LogP contribution in [0.4, 0.5) is 13.2 Å². The van der Waals surface area contributed by atoms with Gasteiger partial charge in [0.25, 0.3) is 5.56 Å². The van der Waals surface area contributed by atoms with Gasteiger partial charge in [0.05, 0.1) is 17.0 Å². The van der Waals surface area contributed by atoms with Gasteiger partial charge in [-0.05, 0) is 44.5 Å². The average Bonchev–Trinajstić information content (AvgIpc) is 2.55. The Bertz CT molecular complexity index is 1000. The molecule has 0 saturated heterocycles. The lowest BCUT2D eigenvalue weighted by atomic mass is 9.90. The van der Waals surface area contributed by atoms with E-state index < -0.39 is 22.9 Å². The van der Waals surface area contributed by atoms with Gasteiger partial charge in [-0.1, -0.05) is 6.07 Å². The summed E-state index contributed by atoms with van der Waals surface area (Å²) in [4.78, 5) is 23.6. The van der Waals surface area contributed by atoms with Crippen molar-refractivity contribution in [1.82, 2.24) is 9.88 Å². The zero-order valence-corrected chi connectivity index (χ0v) is 14.8. The fraction of sp³-hybridized carbons (Fsp3) is 0.263. The second-order valence-corrected chi connectivity index (χ2v) is 6.62. The summed E-state index contributed by atoms with van der Waals surface area (Å²) in [7, 11) is 0. The summed E-state index contributed by atoms with van der Waals surface area (Å²) in [6, 6.07) is 6.58. The number of ether oxygens (including phenoxy) is 1. The maximum atomic E-state index is 13.4. The number of amides is 1. The smallest absolute Gasteiger partial charge is 0.416 e. The van der Waals surface area contributed by atoms with Crippen molar-refractivity contribution in [2.75, 3.05) is 0 Å². The second kappa shape index (κ2) is 6.29. The molecule has 0 bridgehead atoms. The highest BCUT2D eigenvalue weighted by atomic mass is 19.4. The fourth-order valence-electron chi connectivity index (χ4n) is 3.26. The molecule has 1 aromatic carbocycles. The highest BCUT2D eigenvalue weighted by Crippen LogP contribution is 2.45. The van der Waals surface area contributed by atoms with Crippen LogP contribution in [0.15, 0.2) is 47.0 Å². The van der Waals surface area contributed by atoms with E-state index in [-0.39, 0.29) is 28.3 Å². The molecule has 0 spiro atoms. The number of benzene rings is 1. The Kier molecular flexibility index (Phi) is 4.37. The van der Waals surface area contributed by atoms with E-state index in [1.807, 2.05) is 0 Å². The fourth-order valence-corrected chi connectivity index (χ4v) is 3.26. The third-order valence-electron chi connectivity index (χ3n) is 4.44. The highest BCUT2D eigenvalue weighted by molar-refractivity contribution is 5.81. The molecule has 0 fully saturated rings. The lowest BCUT2D eigenvalue weighted by Crippen LogP contribution is -2.43. The molecule has 1 N–H and O–H groups in total. The number of pyridine rings is 1. The molecule has 0 atom stereocenters. The van der Waals surface area contributed by atoms with Gasteiger partial charge in [-0.3, -0.25) is 14.2 Å². The van der Waals surface area contributed by atoms with E-state index in [2.05, 4.69) is 5.32 Å². The van der Waals surface area contributed by atoms with Crippen LogP contribution in [0.3, 0.4) is 0 Å². The van der Waals surface area contributed by atoms with Crippen LogP contribution in [0.2, 0.25) is 0 Å². The first-order valence-corrected chi connectivity index (χ1v) is 8.11. The van der Waals surface area contributed by atoms with Crippen molar-refractivity contribution in [2.24, 2.45) is 0 Å². The quantitative estimate of drug-likeness (QED) is 0.834. The van der Waals surface area contributed by atoms with Crippen molar-refractivity contribution in [3.8, 4) is 5.75 Å². The van der Waals surface area contributed by atoms with Crippen LogP contribution in [-0.4, -0.2) is 16.6 Å². The molecule has 142 valence electrons. The minimum absolute atomic E-state index is 0.0912. The predicted octanol–water partition coefficient (Wildman–Crippen LogP) is 3.31. The summed E-state index contributed by atoms with van der Waals surface area (Å²) in [5, 5.41) is 2.51. The van der Waals surface area contributed by atoms with Crippen molar-refractivity contribution >= 4 is 12.1 Å². The van der Waals surface area contributed by atoms with Crippen molar-refractivity contribution in [1.29, 1.82) is 0 Å². The van der Waals surface area contributed by atoms with E-state index in [0.29, 0.717) is 6.41 Å². The molecule has 0 aliphatic carbocycles. The van der Waals surface area contributed by atoms with E-state index in [0.717, 1.165) is 6.07 Å². The first-order chi connectivity index (χ1) is 12.6. The van der Waals surface area contributed by atoms with Crippen LogP contribution in [-0.2, 0) is 11.0 Å². The van der Waals surface area contributed by atoms with Crippen molar-refractivity contribution in [3.63, 3.8) is 0 Å². The lowest BCUT2D eigenvalue weighted by Gasteiger charge is -2.37. The maximum absolute atomic E-state index is 13.4. The molecule has 27 heavy (non-hydrogen) atoms. The third-order valence-corrected chi connectivity index (χ3v) is 4.44. The maximum Gasteiger partial charge on any atom is 0.416 e. The van der Waals surface area contributed by atoms with Gasteiger partial charge < -0.3 is 10.1 Å². The summed E-state index contributed by atoms with van der Waals surface area (Å²) in [6.45, 7) is 4.63. The summed E-state index contributed by atoms with van der Waals surface area (Å²) in [5.74, 6) is 0.202. The minimum atomic E-state index is -4.57.